The van der Waals surface area contributed by atoms with E-state index in [-0.39, 0.29) is 0 Å². The van der Waals surface area contributed by atoms with Crippen molar-refractivity contribution in [1.82, 2.24) is 9.97 Å². The summed E-state index contributed by atoms with van der Waals surface area (Å²) in [4.78, 5) is 17.9. The third-order valence-corrected chi connectivity index (χ3v) is 4.93. The lowest BCUT2D eigenvalue weighted by Gasteiger charge is -2.09. The Bertz CT molecular complexity index is 418. The Morgan fingerprint density at radius 2 is 1.48 bits per heavy atom. The van der Waals surface area contributed by atoms with E-state index in [2.05, 4.69) is 16.9 Å². The highest BCUT2D eigenvalue weighted by atomic mass is 16.4. The molecule has 1 aromatic rings. The lowest BCUT2D eigenvalue weighted by molar-refractivity contribution is -0.137. The largest absolute Gasteiger partial charge is 0.481 e. The summed E-state index contributed by atoms with van der Waals surface area (Å²) in [5.74, 6) is 1.18. The van der Waals surface area contributed by atoms with Gasteiger partial charge in [-0.2, -0.15) is 0 Å². The van der Waals surface area contributed by atoms with Crippen LogP contribution in [-0.2, 0) is 11.2 Å². The van der Waals surface area contributed by atoms with Crippen molar-refractivity contribution in [3.05, 3.63) is 18.2 Å². The van der Waals surface area contributed by atoms with E-state index in [1.54, 1.807) is 0 Å². The first-order valence-electron chi connectivity index (χ1n) is 10.4. The first-order chi connectivity index (χ1) is 12.2. The molecule has 0 amide bonds. The van der Waals surface area contributed by atoms with Crippen LogP contribution in [0.5, 0.6) is 0 Å². The van der Waals surface area contributed by atoms with E-state index in [0.717, 1.165) is 31.0 Å². The topological polar surface area (TPSA) is 66.0 Å². The molecule has 0 radical (unpaired) electrons. The van der Waals surface area contributed by atoms with Crippen molar-refractivity contribution in [3.63, 3.8) is 0 Å². The lowest BCUT2D eigenvalue weighted by atomic mass is 9.98. The summed E-state index contributed by atoms with van der Waals surface area (Å²) >= 11 is 0. The van der Waals surface area contributed by atoms with E-state index in [9.17, 15) is 4.79 Å². The molecule has 0 saturated carbocycles. The van der Waals surface area contributed by atoms with Crippen molar-refractivity contribution in [2.24, 2.45) is 5.92 Å². The van der Waals surface area contributed by atoms with Crippen LogP contribution in [0.3, 0.4) is 0 Å². The van der Waals surface area contributed by atoms with Crippen LogP contribution in [0.4, 0.5) is 0 Å². The number of carbonyl (C=O) groups is 1. The minimum Gasteiger partial charge on any atom is -0.481 e. The summed E-state index contributed by atoms with van der Waals surface area (Å²) < 4.78 is 0. The van der Waals surface area contributed by atoms with Gasteiger partial charge in [-0.3, -0.25) is 4.79 Å². The van der Waals surface area contributed by atoms with Gasteiger partial charge in [0.2, 0.25) is 0 Å². The van der Waals surface area contributed by atoms with E-state index in [0.29, 0.717) is 6.42 Å². The molecule has 4 heteroatoms. The predicted molar refractivity (Wildman–Crippen MR) is 104 cm³/mol. The monoisotopic (exact) mass is 350 g/mol. The molecular weight excluding hydrogens is 312 g/mol. The van der Waals surface area contributed by atoms with E-state index in [1.165, 1.54) is 70.6 Å². The normalized spacial score (nSPS) is 12.4. The van der Waals surface area contributed by atoms with Gasteiger partial charge in [-0.05, 0) is 12.3 Å². The van der Waals surface area contributed by atoms with Crippen LogP contribution in [0.2, 0.25) is 0 Å². The van der Waals surface area contributed by atoms with E-state index in [1.807, 2.05) is 12.4 Å². The number of aromatic nitrogens is 2. The van der Waals surface area contributed by atoms with E-state index < -0.39 is 5.97 Å². The number of nitrogens with zero attached hydrogens (tertiary/aromatic N) is 1. The number of hydrogen-bond donors (Lipinski definition) is 2. The average Bonchev–Trinajstić information content (AvgIpc) is 3.07. The zero-order valence-electron chi connectivity index (χ0n) is 16.1. The Balaban J connectivity index is 1.75. The van der Waals surface area contributed by atoms with Crippen molar-refractivity contribution >= 4 is 5.97 Å². The summed E-state index contributed by atoms with van der Waals surface area (Å²) in [6.07, 6.45) is 21.7. The second kappa shape index (κ2) is 15.0. The fourth-order valence-corrected chi connectivity index (χ4v) is 3.38. The van der Waals surface area contributed by atoms with Crippen molar-refractivity contribution in [2.45, 2.75) is 103 Å². The standard InChI is InChI=1S/C21H38N2O2/c1-19(18-20-22-16-17-23-20)14-12-10-8-6-4-2-3-5-7-9-11-13-15-21(24)25/h16-17,19H,2-15,18H2,1H3,(H,22,23)(H,24,25). The molecule has 0 aliphatic carbocycles. The number of rotatable bonds is 17. The summed E-state index contributed by atoms with van der Waals surface area (Å²) in [5, 5.41) is 8.57. The van der Waals surface area contributed by atoms with Gasteiger partial charge < -0.3 is 10.1 Å². The molecule has 25 heavy (non-hydrogen) atoms. The number of unbranched alkanes of at least 4 members (excludes halogenated alkanes) is 11. The molecule has 0 spiro atoms. The Labute approximate surface area is 153 Å². The number of imidazole rings is 1. The van der Waals surface area contributed by atoms with Crippen LogP contribution < -0.4 is 0 Å². The zero-order valence-corrected chi connectivity index (χ0v) is 16.1. The summed E-state index contributed by atoms with van der Waals surface area (Å²) in [7, 11) is 0. The van der Waals surface area contributed by atoms with Gasteiger partial charge in [0.15, 0.2) is 0 Å². The lowest BCUT2D eigenvalue weighted by Crippen LogP contribution is -2.01. The number of aliphatic carboxylic acids is 1. The smallest absolute Gasteiger partial charge is 0.303 e. The van der Waals surface area contributed by atoms with Crippen molar-refractivity contribution in [1.29, 1.82) is 0 Å². The molecule has 0 aliphatic heterocycles. The first-order valence-corrected chi connectivity index (χ1v) is 10.4. The fourth-order valence-electron chi connectivity index (χ4n) is 3.38. The molecule has 1 aromatic heterocycles. The molecule has 2 N–H and O–H groups in total. The van der Waals surface area contributed by atoms with Gasteiger partial charge in [-0.1, -0.05) is 84.0 Å². The highest BCUT2D eigenvalue weighted by molar-refractivity contribution is 5.66. The molecule has 4 nitrogen and oxygen atoms in total. The number of hydrogen-bond acceptors (Lipinski definition) is 2. The molecule has 1 unspecified atom stereocenters. The Kier molecular flexibility index (Phi) is 13.0. The molecule has 144 valence electrons. The van der Waals surface area contributed by atoms with Gasteiger partial charge in [0.1, 0.15) is 5.82 Å². The molecular formula is C21H38N2O2. The molecule has 1 atom stereocenters. The van der Waals surface area contributed by atoms with Crippen LogP contribution in [0.25, 0.3) is 0 Å². The Hall–Kier alpha value is -1.32. The number of aromatic amines is 1. The number of carboxylic acid groups (broad SMARTS) is 1. The average molecular weight is 351 g/mol. The highest BCUT2D eigenvalue weighted by Gasteiger charge is 2.05. The third kappa shape index (κ3) is 13.6. The van der Waals surface area contributed by atoms with Crippen LogP contribution >= 0.6 is 0 Å². The van der Waals surface area contributed by atoms with Gasteiger partial charge in [-0.25, -0.2) is 4.98 Å². The molecule has 0 saturated heterocycles. The highest BCUT2D eigenvalue weighted by Crippen LogP contribution is 2.16. The molecule has 1 heterocycles. The van der Waals surface area contributed by atoms with E-state index >= 15 is 0 Å². The van der Waals surface area contributed by atoms with Crippen LogP contribution in [-0.4, -0.2) is 21.0 Å². The molecule has 0 aromatic carbocycles. The van der Waals surface area contributed by atoms with Gasteiger partial charge in [-0.15, -0.1) is 0 Å². The Morgan fingerprint density at radius 3 is 1.96 bits per heavy atom. The van der Waals surface area contributed by atoms with Crippen LogP contribution in [0, 0.1) is 5.92 Å². The minimum absolute atomic E-state index is 0.335. The SMILES string of the molecule is CC(CCCCCCCCCCCCCCC(=O)O)Cc1ncc[nH]1. The van der Waals surface area contributed by atoms with Gasteiger partial charge >= 0.3 is 5.97 Å². The number of H-pyrrole nitrogens is 1. The molecule has 0 fully saturated rings. The zero-order chi connectivity index (χ0) is 18.2. The first kappa shape index (κ1) is 21.7. The number of carboxylic acids is 1. The quantitative estimate of drug-likeness (QED) is 0.332. The number of nitrogens with one attached hydrogen (secondary N) is 1. The summed E-state index contributed by atoms with van der Waals surface area (Å²) in [6, 6.07) is 0. The van der Waals surface area contributed by atoms with Crippen molar-refractivity contribution < 1.29 is 9.90 Å². The molecule has 1 rings (SSSR count). The van der Waals surface area contributed by atoms with Gasteiger partial charge in [0.25, 0.3) is 0 Å². The summed E-state index contributed by atoms with van der Waals surface area (Å²) in [6.45, 7) is 2.32. The minimum atomic E-state index is -0.660. The van der Waals surface area contributed by atoms with Gasteiger partial charge in [0.05, 0.1) is 0 Å². The van der Waals surface area contributed by atoms with Gasteiger partial charge in [0, 0.05) is 25.2 Å². The fraction of sp³-hybridized carbons (Fsp3) is 0.810. The maximum atomic E-state index is 10.4. The van der Waals surface area contributed by atoms with E-state index in [4.69, 9.17) is 5.11 Å². The summed E-state index contributed by atoms with van der Waals surface area (Å²) in [5.41, 5.74) is 0. The predicted octanol–water partition coefficient (Wildman–Crippen LogP) is 6.13. The van der Waals surface area contributed by atoms with Crippen molar-refractivity contribution in [3.8, 4) is 0 Å². The molecule has 0 bridgehead atoms. The molecule has 0 aliphatic rings. The van der Waals surface area contributed by atoms with Crippen LogP contribution in [0.1, 0.15) is 103 Å². The maximum absolute atomic E-state index is 10.4. The maximum Gasteiger partial charge on any atom is 0.303 e. The Morgan fingerprint density at radius 1 is 0.960 bits per heavy atom. The van der Waals surface area contributed by atoms with Crippen LogP contribution in [0.15, 0.2) is 12.4 Å². The second-order valence-corrected chi connectivity index (χ2v) is 7.52. The second-order valence-electron chi connectivity index (χ2n) is 7.52. The third-order valence-electron chi connectivity index (χ3n) is 4.93. The van der Waals surface area contributed by atoms with Crippen molar-refractivity contribution in [2.75, 3.05) is 0 Å².